The van der Waals surface area contributed by atoms with E-state index in [1.807, 2.05) is 4.90 Å². The molecule has 2 fully saturated rings. The minimum absolute atomic E-state index is 0.0748. The molecule has 17 heavy (non-hydrogen) atoms. The summed E-state index contributed by atoms with van der Waals surface area (Å²) in [6.45, 7) is 3.12. The van der Waals surface area contributed by atoms with Gasteiger partial charge in [-0.25, -0.2) is 0 Å². The maximum absolute atomic E-state index is 12.0. The van der Waals surface area contributed by atoms with Crippen LogP contribution < -0.4 is 5.73 Å². The molecule has 5 nitrogen and oxygen atoms in total. The molecule has 2 amide bonds. The lowest BCUT2D eigenvalue weighted by molar-refractivity contribution is -0.138. The third-order valence-electron chi connectivity index (χ3n) is 3.66. The van der Waals surface area contributed by atoms with Gasteiger partial charge in [-0.2, -0.15) is 0 Å². The first kappa shape index (κ1) is 12.4. The number of likely N-dealkylation sites (tertiary alicyclic amines) is 2. The summed E-state index contributed by atoms with van der Waals surface area (Å²) in [5.74, 6) is 0.401. The normalized spacial score (nSPS) is 25.5. The van der Waals surface area contributed by atoms with Crippen LogP contribution in [0.4, 0.5) is 0 Å². The van der Waals surface area contributed by atoms with Gasteiger partial charge in [-0.15, -0.1) is 0 Å². The number of piperidine rings is 1. The summed E-state index contributed by atoms with van der Waals surface area (Å²) in [5, 5.41) is 0. The van der Waals surface area contributed by atoms with Gasteiger partial charge in [-0.3, -0.25) is 9.59 Å². The number of nitrogens with zero attached hydrogens (tertiary/aromatic N) is 2. The Morgan fingerprint density at radius 1 is 1.29 bits per heavy atom. The summed E-state index contributed by atoms with van der Waals surface area (Å²) in [4.78, 5) is 27.2. The van der Waals surface area contributed by atoms with Gasteiger partial charge < -0.3 is 15.5 Å². The lowest BCUT2D eigenvalue weighted by Crippen LogP contribution is -2.43. The molecule has 2 saturated heterocycles. The van der Waals surface area contributed by atoms with Crippen molar-refractivity contribution < 1.29 is 9.59 Å². The van der Waals surface area contributed by atoms with E-state index >= 15 is 0 Å². The van der Waals surface area contributed by atoms with Crippen LogP contribution in [-0.2, 0) is 9.59 Å². The molecule has 0 radical (unpaired) electrons. The number of amides is 2. The van der Waals surface area contributed by atoms with Gasteiger partial charge in [-0.05, 0) is 31.7 Å². The van der Waals surface area contributed by atoms with Crippen molar-refractivity contribution in [3.05, 3.63) is 0 Å². The molecule has 1 atom stereocenters. The van der Waals surface area contributed by atoms with Gasteiger partial charge in [0, 0.05) is 26.1 Å². The smallest absolute Gasteiger partial charge is 0.242 e. The molecule has 96 valence electrons. The zero-order chi connectivity index (χ0) is 12.3. The summed E-state index contributed by atoms with van der Waals surface area (Å²) in [6, 6.07) is 0. The lowest BCUT2D eigenvalue weighted by Gasteiger charge is -2.28. The highest BCUT2D eigenvalue weighted by molar-refractivity contribution is 5.86. The maximum Gasteiger partial charge on any atom is 0.242 e. The zero-order valence-electron chi connectivity index (χ0n) is 10.2. The zero-order valence-corrected chi connectivity index (χ0v) is 10.2. The lowest BCUT2D eigenvalue weighted by atomic mass is 10.1. The van der Waals surface area contributed by atoms with E-state index in [0.717, 1.165) is 25.9 Å². The van der Waals surface area contributed by atoms with Crippen LogP contribution >= 0.6 is 0 Å². The monoisotopic (exact) mass is 239 g/mol. The van der Waals surface area contributed by atoms with Crippen LogP contribution in [0.2, 0.25) is 0 Å². The summed E-state index contributed by atoms with van der Waals surface area (Å²) >= 11 is 0. The molecule has 0 bridgehead atoms. The molecule has 0 aliphatic carbocycles. The van der Waals surface area contributed by atoms with Gasteiger partial charge in [-0.1, -0.05) is 0 Å². The van der Waals surface area contributed by atoms with Gasteiger partial charge in [0.1, 0.15) is 0 Å². The van der Waals surface area contributed by atoms with Crippen LogP contribution in [0.15, 0.2) is 0 Å². The Balaban J connectivity index is 1.83. The second-order valence-corrected chi connectivity index (χ2v) is 5.02. The molecule has 2 rings (SSSR count). The largest absolute Gasteiger partial charge is 0.341 e. The number of hydrogen-bond acceptors (Lipinski definition) is 3. The molecule has 0 saturated carbocycles. The topological polar surface area (TPSA) is 66.6 Å². The van der Waals surface area contributed by atoms with Crippen molar-refractivity contribution in [2.45, 2.75) is 25.7 Å². The summed E-state index contributed by atoms with van der Waals surface area (Å²) in [5.41, 5.74) is 5.56. The van der Waals surface area contributed by atoms with Crippen LogP contribution in [0.3, 0.4) is 0 Å². The Labute approximate surface area is 102 Å². The summed E-state index contributed by atoms with van der Waals surface area (Å²) in [6.07, 6.45) is 3.89. The predicted molar refractivity (Wildman–Crippen MR) is 64.2 cm³/mol. The van der Waals surface area contributed by atoms with Gasteiger partial charge in [0.05, 0.1) is 6.54 Å². The number of nitrogens with two attached hydrogens (primary N) is 1. The highest BCUT2D eigenvalue weighted by Crippen LogP contribution is 2.17. The molecule has 2 N–H and O–H groups in total. The van der Waals surface area contributed by atoms with Crippen molar-refractivity contribution in [2.24, 2.45) is 11.7 Å². The molecule has 2 aliphatic rings. The molecule has 0 aromatic carbocycles. The Bertz CT molecular complexity index is 300. The molecule has 2 heterocycles. The van der Waals surface area contributed by atoms with Crippen molar-refractivity contribution in [1.29, 1.82) is 0 Å². The maximum atomic E-state index is 12.0. The number of carbonyl (C=O) groups is 2. The number of hydrogen-bond donors (Lipinski definition) is 1. The van der Waals surface area contributed by atoms with E-state index in [4.69, 9.17) is 5.73 Å². The van der Waals surface area contributed by atoms with Crippen LogP contribution in [0.5, 0.6) is 0 Å². The Hall–Kier alpha value is -1.10. The highest BCUT2D eigenvalue weighted by atomic mass is 16.2. The predicted octanol–water partition coefficient (Wildman–Crippen LogP) is -0.194. The van der Waals surface area contributed by atoms with Gasteiger partial charge in [0.15, 0.2) is 0 Å². The quantitative estimate of drug-likeness (QED) is 0.742. The SMILES string of the molecule is NCC1CC(=O)N(CC(=O)N2CCCCC2)C1. The van der Waals surface area contributed by atoms with Crippen molar-refractivity contribution in [3.8, 4) is 0 Å². The third kappa shape index (κ3) is 2.97. The first-order chi connectivity index (χ1) is 8.20. The second-order valence-electron chi connectivity index (χ2n) is 5.02. The second kappa shape index (κ2) is 5.49. The standard InChI is InChI=1S/C12H21N3O2/c13-7-10-6-11(16)15(8-10)9-12(17)14-4-2-1-3-5-14/h10H,1-9,13H2. The van der Waals surface area contributed by atoms with Crippen molar-refractivity contribution >= 4 is 11.8 Å². The number of carbonyl (C=O) groups excluding carboxylic acids is 2. The van der Waals surface area contributed by atoms with E-state index in [1.54, 1.807) is 4.90 Å². The van der Waals surface area contributed by atoms with Gasteiger partial charge in [0.2, 0.25) is 11.8 Å². The van der Waals surface area contributed by atoms with Crippen molar-refractivity contribution in [2.75, 3.05) is 32.7 Å². The Morgan fingerprint density at radius 3 is 2.59 bits per heavy atom. The Morgan fingerprint density at radius 2 is 2.00 bits per heavy atom. The Kier molecular flexibility index (Phi) is 3.99. The fourth-order valence-electron chi connectivity index (χ4n) is 2.57. The molecule has 0 aromatic rings. The van der Waals surface area contributed by atoms with E-state index in [2.05, 4.69) is 0 Å². The molecule has 0 spiro atoms. The average molecular weight is 239 g/mol. The van der Waals surface area contributed by atoms with E-state index in [1.165, 1.54) is 6.42 Å². The minimum Gasteiger partial charge on any atom is -0.341 e. The van der Waals surface area contributed by atoms with E-state index in [9.17, 15) is 9.59 Å². The molecular weight excluding hydrogens is 218 g/mol. The fraction of sp³-hybridized carbons (Fsp3) is 0.833. The molecule has 2 aliphatic heterocycles. The van der Waals surface area contributed by atoms with Crippen LogP contribution in [0.1, 0.15) is 25.7 Å². The van der Waals surface area contributed by atoms with Gasteiger partial charge >= 0.3 is 0 Å². The third-order valence-corrected chi connectivity index (χ3v) is 3.66. The van der Waals surface area contributed by atoms with Gasteiger partial charge in [0.25, 0.3) is 0 Å². The number of rotatable bonds is 3. The van der Waals surface area contributed by atoms with Crippen LogP contribution in [-0.4, -0.2) is 54.3 Å². The van der Waals surface area contributed by atoms with E-state index < -0.39 is 0 Å². The minimum atomic E-state index is 0.0748. The van der Waals surface area contributed by atoms with E-state index in [-0.39, 0.29) is 24.3 Å². The first-order valence-corrected chi connectivity index (χ1v) is 6.46. The van der Waals surface area contributed by atoms with Crippen LogP contribution in [0, 0.1) is 5.92 Å². The average Bonchev–Trinajstić information content (AvgIpc) is 2.71. The molecule has 0 aromatic heterocycles. The molecule has 5 heteroatoms. The molecular formula is C12H21N3O2. The fourth-order valence-corrected chi connectivity index (χ4v) is 2.57. The summed E-state index contributed by atoms with van der Waals surface area (Å²) < 4.78 is 0. The summed E-state index contributed by atoms with van der Waals surface area (Å²) in [7, 11) is 0. The van der Waals surface area contributed by atoms with Crippen LogP contribution in [0.25, 0.3) is 0 Å². The van der Waals surface area contributed by atoms with E-state index in [0.29, 0.717) is 19.5 Å². The highest BCUT2D eigenvalue weighted by Gasteiger charge is 2.31. The first-order valence-electron chi connectivity index (χ1n) is 6.46. The van der Waals surface area contributed by atoms with Crippen molar-refractivity contribution in [3.63, 3.8) is 0 Å². The molecule has 1 unspecified atom stereocenters. The van der Waals surface area contributed by atoms with Crippen molar-refractivity contribution in [1.82, 2.24) is 9.80 Å².